The van der Waals surface area contributed by atoms with Crippen LogP contribution in [0.1, 0.15) is 25.3 Å². The fraction of sp³-hybridized carbons (Fsp3) is 0.556. The molecular formula is C18H27N3O3. The van der Waals surface area contributed by atoms with Crippen LogP contribution in [0.15, 0.2) is 24.3 Å². The van der Waals surface area contributed by atoms with E-state index in [1.807, 2.05) is 31.2 Å². The number of nitrogens with one attached hydrogen (secondary N) is 1. The Kier molecular flexibility index (Phi) is 6.61. The van der Waals surface area contributed by atoms with E-state index in [0.29, 0.717) is 31.9 Å². The Hall–Kier alpha value is -2.08. The number of nitrogens with zero attached hydrogens (tertiary/aromatic N) is 1. The summed E-state index contributed by atoms with van der Waals surface area (Å²) in [6.45, 7) is 5.75. The van der Waals surface area contributed by atoms with Crippen LogP contribution in [0.25, 0.3) is 0 Å². The van der Waals surface area contributed by atoms with Crippen LogP contribution in [0, 0.1) is 12.8 Å². The number of aryl methyl sites for hydroxylation is 1. The lowest BCUT2D eigenvalue weighted by Crippen LogP contribution is -2.49. The molecule has 132 valence electrons. The second-order valence-electron chi connectivity index (χ2n) is 6.28. The first-order valence-corrected chi connectivity index (χ1v) is 8.51. The van der Waals surface area contributed by atoms with Gasteiger partial charge in [-0.15, -0.1) is 0 Å². The number of piperidine rings is 1. The highest BCUT2D eigenvalue weighted by atomic mass is 16.5. The van der Waals surface area contributed by atoms with Crippen molar-refractivity contribution >= 4 is 11.8 Å². The molecule has 0 spiro atoms. The van der Waals surface area contributed by atoms with Crippen molar-refractivity contribution in [3.63, 3.8) is 0 Å². The molecule has 1 aliphatic rings. The Morgan fingerprint density at radius 3 is 2.75 bits per heavy atom. The van der Waals surface area contributed by atoms with Gasteiger partial charge in [-0.05, 0) is 38.8 Å². The molecule has 6 nitrogen and oxygen atoms in total. The number of amides is 2. The standard InChI is InChI=1S/C18H27N3O3/c1-13-5-7-16(8-6-13)24-14(2)18(23)21-11-3-4-15(12-21)17(22)20-10-9-19/h5-8,14-15H,3-4,9-12,19H2,1-2H3,(H,20,22). The Labute approximate surface area is 143 Å². The number of likely N-dealkylation sites (tertiary alicyclic amines) is 1. The van der Waals surface area contributed by atoms with E-state index in [2.05, 4.69) is 5.32 Å². The van der Waals surface area contributed by atoms with Gasteiger partial charge in [0.05, 0.1) is 5.92 Å². The lowest BCUT2D eigenvalue weighted by atomic mass is 9.96. The van der Waals surface area contributed by atoms with Crippen LogP contribution in [0.4, 0.5) is 0 Å². The highest BCUT2D eigenvalue weighted by molar-refractivity contribution is 5.83. The highest BCUT2D eigenvalue weighted by Gasteiger charge is 2.30. The number of carbonyl (C=O) groups excluding carboxylic acids is 2. The normalized spacial score (nSPS) is 18.8. The zero-order valence-corrected chi connectivity index (χ0v) is 14.5. The summed E-state index contributed by atoms with van der Waals surface area (Å²) in [5.74, 6) is 0.411. The SMILES string of the molecule is Cc1ccc(OC(C)C(=O)N2CCCC(C(=O)NCCN)C2)cc1. The van der Waals surface area contributed by atoms with Crippen LogP contribution in [-0.2, 0) is 9.59 Å². The van der Waals surface area contributed by atoms with Gasteiger partial charge < -0.3 is 20.7 Å². The largest absolute Gasteiger partial charge is 0.481 e. The van der Waals surface area contributed by atoms with Crippen molar-refractivity contribution in [1.82, 2.24) is 10.2 Å². The van der Waals surface area contributed by atoms with Gasteiger partial charge >= 0.3 is 0 Å². The number of hydrogen-bond donors (Lipinski definition) is 2. The van der Waals surface area contributed by atoms with Gasteiger partial charge in [0.15, 0.2) is 6.10 Å². The Morgan fingerprint density at radius 2 is 2.08 bits per heavy atom. The fourth-order valence-corrected chi connectivity index (χ4v) is 2.86. The van der Waals surface area contributed by atoms with Gasteiger partial charge in [0, 0.05) is 26.2 Å². The van der Waals surface area contributed by atoms with E-state index in [4.69, 9.17) is 10.5 Å². The molecule has 1 saturated heterocycles. The van der Waals surface area contributed by atoms with E-state index >= 15 is 0 Å². The minimum atomic E-state index is -0.571. The summed E-state index contributed by atoms with van der Waals surface area (Å²) >= 11 is 0. The lowest BCUT2D eigenvalue weighted by molar-refractivity contribution is -0.141. The molecule has 0 aliphatic carbocycles. The number of hydrogen-bond acceptors (Lipinski definition) is 4. The van der Waals surface area contributed by atoms with Crippen LogP contribution in [0.5, 0.6) is 5.75 Å². The average molecular weight is 333 g/mol. The minimum absolute atomic E-state index is 0.0231. The van der Waals surface area contributed by atoms with Crippen molar-refractivity contribution in [2.24, 2.45) is 11.7 Å². The molecule has 2 amide bonds. The number of carbonyl (C=O) groups is 2. The first-order valence-electron chi connectivity index (χ1n) is 8.51. The second-order valence-corrected chi connectivity index (χ2v) is 6.28. The maximum absolute atomic E-state index is 12.6. The van der Waals surface area contributed by atoms with Crippen LogP contribution in [0.2, 0.25) is 0 Å². The van der Waals surface area contributed by atoms with E-state index in [-0.39, 0.29) is 17.7 Å². The molecular weight excluding hydrogens is 306 g/mol. The van der Waals surface area contributed by atoms with Crippen molar-refractivity contribution in [3.05, 3.63) is 29.8 Å². The summed E-state index contributed by atoms with van der Waals surface area (Å²) in [6, 6.07) is 7.62. The first-order chi connectivity index (χ1) is 11.5. The summed E-state index contributed by atoms with van der Waals surface area (Å²) in [7, 11) is 0. The molecule has 1 heterocycles. The zero-order valence-electron chi connectivity index (χ0n) is 14.5. The number of nitrogens with two attached hydrogens (primary N) is 1. The van der Waals surface area contributed by atoms with Crippen LogP contribution >= 0.6 is 0 Å². The van der Waals surface area contributed by atoms with E-state index < -0.39 is 6.10 Å². The molecule has 0 saturated carbocycles. The number of benzene rings is 1. The Bertz CT molecular complexity index is 559. The van der Waals surface area contributed by atoms with Gasteiger partial charge in [-0.25, -0.2) is 0 Å². The molecule has 0 radical (unpaired) electrons. The molecule has 6 heteroatoms. The zero-order chi connectivity index (χ0) is 17.5. The smallest absolute Gasteiger partial charge is 0.263 e. The summed E-state index contributed by atoms with van der Waals surface area (Å²) in [5.41, 5.74) is 6.55. The predicted octanol–water partition coefficient (Wildman–Crippen LogP) is 1.08. The van der Waals surface area contributed by atoms with E-state index in [0.717, 1.165) is 18.4 Å². The third-order valence-corrected chi connectivity index (χ3v) is 4.23. The van der Waals surface area contributed by atoms with Crippen molar-refractivity contribution in [3.8, 4) is 5.75 Å². The van der Waals surface area contributed by atoms with E-state index in [1.165, 1.54) is 0 Å². The van der Waals surface area contributed by atoms with Gasteiger partial charge in [0.2, 0.25) is 5.91 Å². The molecule has 1 aromatic rings. The summed E-state index contributed by atoms with van der Waals surface area (Å²) in [6.07, 6.45) is 1.05. The quantitative estimate of drug-likeness (QED) is 0.816. The number of rotatable bonds is 6. The van der Waals surface area contributed by atoms with Crippen LogP contribution < -0.4 is 15.8 Å². The molecule has 1 aliphatic heterocycles. The molecule has 2 atom stereocenters. The molecule has 2 unspecified atom stereocenters. The maximum atomic E-state index is 12.6. The minimum Gasteiger partial charge on any atom is -0.481 e. The topological polar surface area (TPSA) is 84.7 Å². The molecule has 24 heavy (non-hydrogen) atoms. The molecule has 0 aromatic heterocycles. The van der Waals surface area contributed by atoms with Crippen molar-refractivity contribution in [1.29, 1.82) is 0 Å². The molecule has 2 rings (SSSR count). The first kappa shape index (κ1) is 18.3. The van der Waals surface area contributed by atoms with Gasteiger partial charge in [0.25, 0.3) is 5.91 Å². The second kappa shape index (κ2) is 8.68. The summed E-state index contributed by atoms with van der Waals surface area (Å²) in [4.78, 5) is 26.4. The van der Waals surface area contributed by atoms with Gasteiger partial charge in [-0.2, -0.15) is 0 Å². The predicted molar refractivity (Wildman–Crippen MR) is 92.6 cm³/mol. The highest BCUT2D eigenvalue weighted by Crippen LogP contribution is 2.19. The third-order valence-electron chi connectivity index (χ3n) is 4.23. The van der Waals surface area contributed by atoms with E-state index in [1.54, 1.807) is 11.8 Å². The van der Waals surface area contributed by atoms with Crippen LogP contribution in [0.3, 0.4) is 0 Å². The Balaban J connectivity index is 1.90. The van der Waals surface area contributed by atoms with Crippen molar-refractivity contribution < 1.29 is 14.3 Å². The van der Waals surface area contributed by atoms with Crippen molar-refractivity contribution in [2.45, 2.75) is 32.8 Å². The van der Waals surface area contributed by atoms with Gasteiger partial charge in [-0.1, -0.05) is 17.7 Å². The lowest BCUT2D eigenvalue weighted by Gasteiger charge is -2.33. The van der Waals surface area contributed by atoms with Crippen LogP contribution in [-0.4, -0.2) is 49.0 Å². The summed E-state index contributed by atoms with van der Waals surface area (Å²) < 4.78 is 5.74. The third kappa shape index (κ3) is 4.96. The van der Waals surface area contributed by atoms with E-state index in [9.17, 15) is 9.59 Å². The number of ether oxygens (including phenoxy) is 1. The molecule has 3 N–H and O–H groups in total. The average Bonchev–Trinajstić information content (AvgIpc) is 2.61. The molecule has 1 aromatic carbocycles. The van der Waals surface area contributed by atoms with Crippen molar-refractivity contribution in [2.75, 3.05) is 26.2 Å². The monoisotopic (exact) mass is 333 g/mol. The van der Waals surface area contributed by atoms with Gasteiger partial charge in [0.1, 0.15) is 5.75 Å². The van der Waals surface area contributed by atoms with Gasteiger partial charge in [-0.3, -0.25) is 9.59 Å². The molecule has 0 bridgehead atoms. The fourth-order valence-electron chi connectivity index (χ4n) is 2.86. The molecule has 1 fully saturated rings. The Morgan fingerprint density at radius 1 is 1.38 bits per heavy atom. The summed E-state index contributed by atoms with van der Waals surface area (Å²) in [5, 5.41) is 2.80. The maximum Gasteiger partial charge on any atom is 0.263 e.